The SMILES string of the molecule is CCCCC/C=C\C/C=C\CCCCCCCCCCCCOCC(COC(=O)CCCCCCCCCCC)OC(=O)CCCCCCCCC. The molecule has 0 aliphatic heterocycles. The van der Waals surface area contributed by atoms with Crippen LogP contribution in [-0.2, 0) is 23.8 Å². The van der Waals surface area contributed by atoms with Crippen LogP contribution in [-0.4, -0.2) is 37.9 Å². The molecule has 0 aliphatic rings. The quantitative estimate of drug-likeness (QED) is 0.0355. The van der Waals surface area contributed by atoms with Crippen LogP contribution in [0.2, 0.25) is 0 Å². The summed E-state index contributed by atoms with van der Waals surface area (Å²) < 4.78 is 17.2. The molecule has 0 amide bonds. The molecule has 0 aromatic carbocycles. The molecule has 0 spiro atoms. The van der Waals surface area contributed by atoms with Crippen molar-refractivity contribution in [2.45, 2.75) is 245 Å². The maximum atomic E-state index is 12.6. The van der Waals surface area contributed by atoms with Crippen molar-refractivity contribution in [1.29, 1.82) is 0 Å². The Labute approximate surface area is 324 Å². The molecule has 0 rings (SSSR count). The van der Waals surface area contributed by atoms with Crippen molar-refractivity contribution in [3.8, 4) is 0 Å². The molecule has 0 saturated heterocycles. The lowest BCUT2D eigenvalue weighted by atomic mass is 10.1. The molecule has 0 heterocycles. The van der Waals surface area contributed by atoms with E-state index in [9.17, 15) is 9.59 Å². The zero-order chi connectivity index (χ0) is 37.8. The minimum absolute atomic E-state index is 0.0899. The maximum Gasteiger partial charge on any atom is 0.306 e. The monoisotopic (exact) mass is 733 g/mol. The largest absolute Gasteiger partial charge is 0.462 e. The van der Waals surface area contributed by atoms with Crippen molar-refractivity contribution >= 4 is 11.9 Å². The summed E-state index contributed by atoms with van der Waals surface area (Å²) in [6, 6.07) is 0. The average molecular weight is 733 g/mol. The zero-order valence-corrected chi connectivity index (χ0v) is 35.1. The summed E-state index contributed by atoms with van der Waals surface area (Å²) in [4.78, 5) is 25.0. The Hall–Kier alpha value is -1.62. The van der Waals surface area contributed by atoms with Gasteiger partial charge in [0.2, 0.25) is 0 Å². The molecule has 1 atom stereocenters. The highest BCUT2D eigenvalue weighted by molar-refractivity contribution is 5.70. The van der Waals surface area contributed by atoms with Crippen molar-refractivity contribution in [1.82, 2.24) is 0 Å². The van der Waals surface area contributed by atoms with Crippen LogP contribution in [0.25, 0.3) is 0 Å². The highest BCUT2D eigenvalue weighted by atomic mass is 16.6. The molecule has 306 valence electrons. The van der Waals surface area contributed by atoms with Crippen molar-refractivity contribution in [2.75, 3.05) is 19.8 Å². The van der Waals surface area contributed by atoms with Crippen molar-refractivity contribution in [3.05, 3.63) is 24.3 Å². The lowest BCUT2D eigenvalue weighted by molar-refractivity contribution is -0.163. The van der Waals surface area contributed by atoms with Gasteiger partial charge < -0.3 is 14.2 Å². The topological polar surface area (TPSA) is 61.8 Å². The van der Waals surface area contributed by atoms with Gasteiger partial charge in [-0.15, -0.1) is 0 Å². The molecular formula is C47H88O5. The summed E-state index contributed by atoms with van der Waals surface area (Å²) in [7, 11) is 0. The van der Waals surface area contributed by atoms with Gasteiger partial charge in [0, 0.05) is 19.4 Å². The summed E-state index contributed by atoms with van der Waals surface area (Å²) in [5, 5.41) is 0. The second-order valence-corrected chi connectivity index (χ2v) is 15.3. The predicted octanol–water partition coefficient (Wildman–Crippen LogP) is 14.9. The smallest absolute Gasteiger partial charge is 0.306 e. The molecule has 5 heteroatoms. The van der Waals surface area contributed by atoms with Crippen LogP contribution in [0.3, 0.4) is 0 Å². The fourth-order valence-corrected chi connectivity index (χ4v) is 6.54. The average Bonchev–Trinajstić information content (AvgIpc) is 3.14. The lowest BCUT2D eigenvalue weighted by Crippen LogP contribution is -2.30. The second kappa shape index (κ2) is 43.8. The van der Waals surface area contributed by atoms with Crippen molar-refractivity contribution < 1.29 is 23.8 Å². The molecule has 0 radical (unpaired) electrons. The number of hydrogen-bond acceptors (Lipinski definition) is 5. The molecule has 0 fully saturated rings. The van der Waals surface area contributed by atoms with Crippen LogP contribution in [0.1, 0.15) is 239 Å². The van der Waals surface area contributed by atoms with Gasteiger partial charge in [0.25, 0.3) is 0 Å². The Morgan fingerprint density at radius 1 is 0.423 bits per heavy atom. The van der Waals surface area contributed by atoms with E-state index in [1.54, 1.807) is 0 Å². The fourth-order valence-electron chi connectivity index (χ4n) is 6.54. The molecule has 0 aromatic heterocycles. The van der Waals surface area contributed by atoms with Crippen LogP contribution < -0.4 is 0 Å². The summed E-state index contributed by atoms with van der Waals surface area (Å²) in [6.07, 6.45) is 49.1. The third-order valence-corrected chi connectivity index (χ3v) is 9.99. The summed E-state index contributed by atoms with van der Waals surface area (Å²) in [5.41, 5.74) is 0. The van der Waals surface area contributed by atoms with Crippen molar-refractivity contribution in [2.24, 2.45) is 0 Å². The molecule has 5 nitrogen and oxygen atoms in total. The van der Waals surface area contributed by atoms with E-state index in [4.69, 9.17) is 14.2 Å². The van der Waals surface area contributed by atoms with Crippen LogP contribution in [0.5, 0.6) is 0 Å². The van der Waals surface area contributed by atoms with Gasteiger partial charge in [-0.1, -0.05) is 199 Å². The Morgan fingerprint density at radius 3 is 1.31 bits per heavy atom. The van der Waals surface area contributed by atoms with E-state index in [2.05, 4.69) is 45.1 Å². The minimum Gasteiger partial charge on any atom is -0.462 e. The van der Waals surface area contributed by atoms with Crippen molar-refractivity contribution in [3.63, 3.8) is 0 Å². The molecule has 1 unspecified atom stereocenters. The van der Waals surface area contributed by atoms with Crippen LogP contribution in [0.4, 0.5) is 0 Å². The second-order valence-electron chi connectivity index (χ2n) is 15.3. The van der Waals surface area contributed by atoms with E-state index in [1.165, 1.54) is 161 Å². The first-order chi connectivity index (χ1) is 25.6. The van der Waals surface area contributed by atoms with Gasteiger partial charge in [-0.25, -0.2) is 0 Å². The van der Waals surface area contributed by atoms with E-state index >= 15 is 0 Å². The molecular weight excluding hydrogens is 645 g/mol. The number of carbonyl (C=O) groups is 2. The lowest BCUT2D eigenvalue weighted by Gasteiger charge is -2.18. The Bertz CT molecular complexity index is 791. The molecule has 0 bridgehead atoms. The molecule has 52 heavy (non-hydrogen) atoms. The van der Waals surface area contributed by atoms with Crippen LogP contribution in [0.15, 0.2) is 24.3 Å². The summed E-state index contributed by atoms with van der Waals surface area (Å²) >= 11 is 0. The standard InChI is InChI=1S/C47H88O5/c1-4-7-10-13-16-18-19-20-21-22-23-24-25-26-27-28-30-33-36-39-42-50-43-45(52-47(49)41-38-35-31-15-12-9-6-3)44-51-46(48)40-37-34-32-29-17-14-11-8-5-2/h16,18,20-21,45H,4-15,17,19,22-44H2,1-3H3/b18-16-,21-20-. The Kier molecular flexibility index (Phi) is 42.4. The normalized spacial score (nSPS) is 12.3. The maximum absolute atomic E-state index is 12.6. The zero-order valence-electron chi connectivity index (χ0n) is 35.1. The molecule has 0 saturated carbocycles. The van der Waals surface area contributed by atoms with Gasteiger partial charge in [0.05, 0.1) is 6.61 Å². The third kappa shape index (κ3) is 41.1. The van der Waals surface area contributed by atoms with E-state index in [0.717, 1.165) is 44.9 Å². The molecule has 0 aromatic rings. The third-order valence-electron chi connectivity index (χ3n) is 9.99. The van der Waals surface area contributed by atoms with E-state index < -0.39 is 6.10 Å². The highest BCUT2D eigenvalue weighted by Crippen LogP contribution is 2.14. The Balaban J connectivity index is 4.04. The van der Waals surface area contributed by atoms with E-state index in [0.29, 0.717) is 26.1 Å². The first-order valence-corrected chi connectivity index (χ1v) is 22.9. The van der Waals surface area contributed by atoms with E-state index in [-0.39, 0.29) is 18.5 Å². The highest BCUT2D eigenvalue weighted by Gasteiger charge is 2.17. The minimum atomic E-state index is -0.526. The van der Waals surface area contributed by atoms with Gasteiger partial charge in [-0.3, -0.25) is 9.59 Å². The van der Waals surface area contributed by atoms with Gasteiger partial charge in [-0.2, -0.15) is 0 Å². The summed E-state index contributed by atoms with van der Waals surface area (Å²) in [5.74, 6) is -0.398. The number of rotatable bonds is 42. The van der Waals surface area contributed by atoms with Gasteiger partial charge in [0.1, 0.15) is 6.61 Å². The fraction of sp³-hybridized carbons (Fsp3) is 0.872. The van der Waals surface area contributed by atoms with E-state index in [1.807, 2.05) is 0 Å². The number of allylic oxidation sites excluding steroid dienone is 4. The van der Waals surface area contributed by atoms with Crippen LogP contribution >= 0.6 is 0 Å². The molecule has 0 N–H and O–H groups in total. The summed E-state index contributed by atoms with van der Waals surface area (Å²) in [6.45, 7) is 7.77. The van der Waals surface area contributed by atoms with Gasteiger partial charge in [-0.05, 0) is 51.4 Å². The first-order valence-electron chi connectivity index (χ1n) is 22.9. The predicted molar refractivity (Wildman–Crippen MR) is 224 cm³/mol. The van der Waals surface area contributed by atoms with Gasteiger partial charge >= 0.3 is 11.9 Å². The number of carbonyl (C=O) groups excluding carboxylic acids is 2. The number of esters is 2. The molecule has 0 aliphatic carbocycles. The first kappa shape index (κ1) is 50.4. The number of hydrogen-bond donors (Lipinski definition) is 0. The van der Waals surface area contributed by atoms with Gasteiger partial charge in [0.15, 0.2) is 6.10 Å². The van der Waals surface area contributed by atoms with Crippen LogP contribution in [0, 0.1) is 0 Å². The Morgan fingerprint density at radius 2 is 0.808 bits per heavy atom. The number of unbranched alkanes of at least 4 members (excludes halogenated alkanes) is 27. The number of ether oxygens (including phenoxy) is 3.